The molecule has 1 unspecified atom stereocenters. The van der Waals surface area contributed by atoms with Gasteiger partial charge in [0.05, 0.1) is 11.5 Å². The highest BCUT2D eigenvalue weighted by molar-refractivity contribution is 7.89. The van der Waals surface area contributed by atoms with E-state index in [4.69, 9.17) is 16.3 Å². The van der Waals surface area contributed by atoms with Crippen LogP contribution >= 0.6 is 11.6 Å². The SMILES string of the molecule is CN=C(NCCNS(=O)(=O)c1cccc(Cl)c1)NCC1(CCO)CCOC1. The number of nitrogens with zero attached hydrogens (tertiary/aromatic N) is 1. The Balaban J connectivity index is 1.78. The predicted octanol–water partition coefficient (Wildman–Crippen LogP) is 0.572. The first-order chi connectivity index (χ1) is 12.9. The van der Waals surface area contributed by atoms with Crippen LogP contribution in [0.4, 0.5) is 0 Å². The van der Waals surface area contributed by atoms with Crippen molar-refractivity contribution in [1.29, 1.82) is 0 Å². The lowest BCUT2D eigenvalue weighted by Gasteiger charge is -2.27. The molecule has 1 aliphatic rings. The molecule has 2 rings (SSSR count). The fourth-order valence-corrected chi connectivity index (χ4v) is 4.22. The summed E-state index contributed by atoms with van der Waals surface area (Å²) < 4.78 is 32.5. The number of nitrogens with one attached hydrogen (secondary N) is 3. The number of ether oxygens (including phenoxy) is 1. The van der Waals surface area contributed by atoms with E-state index in [-0.39, 0.29) is 23.5 Å². The smallest absolute Gasteiger partial charge is 0.240 e. The van der Waals surface area contributed by atoms with E-state index in [9.17, 15) is 13.5 Å². The zero-order valence-corrected chi connectivity index (χ0v) is 16.9. The van der Waals surface area contributed by atoms with Gasteiger partial charge in [0.1, 0.15) is 0 Å². The largest absolute Gasteiger partial charge is 0.396 e. The Hall–Kier alpha value is -1.39. The van der Waals surface area contributed by atoms with Gasteiger partial charge in [0.2, 0.25) is 10.0 Å². The molecule has 4 N–H and O–H groups in total. The van der Waals surface area contributed by atoms with E-state index in [1.54, 1.807) is 19.2 Å². The van der Waals surface area contributed by atoms with Crippen LogP contribution in [0.1, 0.15) is 12.8 Å². The third kappa shape index (κ3) is 6.62. The van der Waals surface area contributed by atoms with Crippen LogP contribution in [0.25, 0.3) is 0 Å². The molecular weight excluding hydrogens is 392 g/mol. The number of aliphatic hydroxyl groups excluding tert-OH is 1. The zero-order valence-electron chi connectivity index (χ0n) is 15.4. The van der Waals surface area contributed by atoms with Gasteiger partial charge in [0, 0.05) is 50.3 Å². The quantitative estimate of drug-likeness (QED) is 0.265. The van der Waals surface area contributed by atoms with E-state index in [1.165, 1.54) is 12.1 Å². The molecule has 0 spiro atoms. The fraction of sp³-hybridized carbons (Fsp3) is 0.588. The summed E-state index contributed by atoms with van der Waals surface area (Å²) in [5, 5.41) is 15.9. The van der Waals surface area contributed by atoms with E-state index in [1.807, 2.05) is 0 Å². The van der Waals surface area contributed by atoms with Crippen molar-refractivity contribution in [2.45, 2.75) is 17.7 Å². The Morgan fingerprint density at radius 1 is 1.37 bits per heavy atom. The monoisotopic (exact) mass is 418 g/mol. The van der Waals surface area contributed by atoms with Gasteiger partial charge in [0.15, 0.2) is 5.96 Å². The van der Waals surface area contributed by atoms with Crippen molar-refractivity contribution in [2.75, 3.05) is 46.5 Å². The minimum Gasteiger partial charge on any atom is -0.396 e. The number of aliphatic hydroxyl groups is 1. The van der Waals surface area contributed by atoms with E-state index >= 15 is 0 Å². The van der Waals surface area contributed by atoms with Gasteiger partial charge in [-0.2, -0.15) is 0 Å². The van der Waals surface area contributed by atoms with Crippen LogP contribution in [-0.4, -0.2) is 66.0 Å². The number of benzene rings is 1. The average molecular weight is 419 g/mol. The van der Waals surface area contributed by atoms with Gasteiger partial charge in [-0.3, -0.25) is 4.99 Å². The third-order valence-corrected chi connectivity index (χ3v) is 6.19. The summed E-state index contributed by atoms with van der Waals surface area (Å²) >= 11 is 5.84. The molecule has 8 nitrogen and oxygen atoms in total. The topological polar surface area (TPSA) is 112 Å². The maximum absolute atomic E-state index is 12.2. The summed E-state index contributed by atoms with van der Waals surface area (Å²) in [6, 6.07) is 6.11. The lowest BCUT2D eigenvalue weighted by Crippen LogP contribution is -2.46. The lowest BCUT2D eigenvalue weighted by atomic mass is 9.84. The molecule has 0 aliphatic carbocycles. The molecule has 1 aliphatic heterocycles. The van der Waals surface area contributed by atoms with Crippen molar-refractivity contribution in [3.63, 3.8) is 0 Å². The maximum atomic E-state index is 12.2. The summed E-state index contributed by atoms with van der Waals surface area (Å²) in [6.07, 6.45) is 1.55. The molecule has 0 bridgehead atoms. The number of aliphatic imine (C=N–C) groups is 1. The Labute approximate surface area is 165 Å². The maximum Gasteiger partial charge on any atom is 0.240 e. The average Bonchev–Trinajstić information content (AvgIpc) is 3.10. The Morgan fingerprint density at radius 3 is 2.81 bits per heavy atom. The van der Waals surface area contributed by atoms with Gasteiger partial charge in [0.25, 0.3) is 0 Å². The second-order valence-electron chi connectivity index (χ2n) is 6.48. The van der Waals surface area contributed by atoms with Crippen molar-refractivity contribution in [2.24, 2.45) is 10.4 Å². The van der Waals surface area contributed by atoms with Gasteiger partial charge in [-0.05, 0) is 31.0 Å². The van der Waals surface area contributed by atoms with Crippen LogP contribution < -0.4 is 15.4 Å². The highest BCUT2D eigenvalue weighted by Crippen LogP contribution is 2.31. The molecule has 0 amide bonds. The van der Waals surface area contributed by atoms with Gasteiger partial charge in [-0.15, -0.1) is 0 Å². The van der Waals surface area contributed by atoms with E-state index in [0.29, 0.717) is 43.7 Å². The number of halogens is 1. The molecule has 0 aromatic heterocycles. The van der Waals surface area contributed by atoms with Gasteiger partial charge in [-0.1, -0.05) is 17.7 Å². The molecule has 1 aromatic carbocycles. The van der Waals surface area contributed by atoms with Crippen LogP contribution in [0.5, 0.6) is 0 Å². The van der Waals surface area contributed by atoms with Crippen molar-refractivity contribution >= 4 is 27.6 Å². The normalized spacial score (nSPS) is 20.6. The Kier molecular flexibility index (Phi) is 8.30. The third-order valence-electron chi connectivity index (χ3n) is 4.50. The zero-order chi connectivity index (χ0) is 19.8. The fourth-order valence-electron chi connectivity index (χ4n) is 2.89. The number of rotatable bonds is 9. The standard InChI is InChI=1S/C17H27ClN4O4S/c1-19-16(21-12-17(5-9-23)6-10-26-13-17)20-7-8-22-27(24,25)15-4-2-3-14(18)11-15/h2-4,11,22-23H,5-10,12-13H2,1H3,(H2,19,20,21). The first-order valence-electron chi connectivity index (χ1n) is 8.79. The number of hydrogen-bond donors (Lipinski definition) is 4. The molecule has 1 aromatic rings. The molecule has 1 heterocycles. The lowest BCUT2D eigenvalue weighted by molar-refractivity contribution is 0.127. The van der Waals surface area contributed by atoms with Crippen molar-refractivity contribution in [3.05, 3.63) is 29.3 Å². The minimum atomic E-state index is -3.61. The van der Waals surface area contributed by atoms with Crippen LogP contribution in [0.15, 0.2) is 34.2 Å². The Morgan fingerprint density at radius 2 is 2.19 bits per heavy atom. The van der Waals surface area contributed by atoms with Crippen LogP contribution in [0, 0.1) is 5.41 Å². The molecule has 27 heavy (non-hydrogen) atoms. The van der Waals surface area contributed by atoms with Gasteiger partial charge < -0.3 is 20.5 Å². The highest BCUT2D eigenvalue weighted by Gasteiger charge is 2.34. The second kappa shape index (κ2) is 10.2. The summed E-state index contributed by atoms with van der Waals surface area (Å²) in [4.78, 5) is 4.27. The highest BCUT2D eigenvalue weighted by atomic mass is 35.5. The molecule has 1 saturated heterocycles. The predicted molar refractivity (Wildman–Crippen MR) is 106 cm³/mol. The summed E-state index contributed by atoms with van der Waals surface area (Å²) in [5.41, 5.74) is -0.0967. The van der Waals surface area contributed by atoms with Gasteiger partial charge in [-0.25, -0.2) is 13.1 Å². The number of guanidine groups is 1. The van der Waals surface area contributed by atoms with E-state index in [2.05, 4.69) is 20.3 Å². The molecule has 152 valence electrons. The van der Waals surface area contributed by atoms with Crippen LogP contribution in [0.3, 0.4) is 0 Å². The second-order valence-corrected chi connectivity index (χ2v) is 8.69. The molecule has 1 atom stereocenters. The summed E-state index contributed by atoms with van der Waals surface area (Å²) in [6.45, 7) is 2.60. The Bertz CT molecular complexity index is 736. The molecule has 1 fully saturated rings. The first-order valence-corrected chi connectivity index (χ1v) is 10.7. The summed E-state index contributed by atoms with van der Waals surface area (Å²) in [7, 11) is -1.96. The van der Waals surface area contributed by atoms with Crippen molar-refractivity contribution < 1.29 is 18.3 Å². The van der Waals surface area contributed by atoms with Gasteiger partial charge >= 0.3 is 0 Å². The van der Waals surface area contributed by atoms with E-state index < -0.39 is 10.0 Å². The molecule has 0 saturated carbocycles. The minimum absolute atomic E-state index is 0.0967. The summed E-state index contributed by atoms with van der Waals surface area (Å²) in [5.74, 6) is 0.571. The molecule has 0 radical (unpaired) electrons. The first kappa shape index (κ1) is 21.9. The van der Waals surface area contributed by atoms with E-state index in [0.717, 1.165) is 6.42 Å². The number of sulfonamides is 1. The van der Waals surface area contributed by atoms with Crippen molar-refractivity contribution in [3.8, 4) is 0 Å². The van der Waals surface area contributed by atoms with Crippen LogP contribution in [0.2, 0.25) is 5.02 Å². The van der Waals surface area contributed by atoms with Crippen molar-refractivity contribution in [1.82, 2.24) is 15.4 Å². The number of hydrogen-bond acceptors (Lipinski definition) is 5. The van der Waals surface area contributed by atoms with Crippen LogP contribution in [-0.2, 0) is 14.8 Å². The molecular formula is C17H27ClN4O4S. The molecule has 10 heteroatoms.